The topological polar surface area (TPSA) is 38.3 Å². The normalized spacial score (nSPS) is 17.0. The molecule has 18 heavy (non-hydrogen) atoms. The van der Waals surface area contributed by atoms with Gasteiger partial charge in [0.25, 0.3) is 0 Å². The van der Waals surface area contributed by atoms with Gasteiger partial charge in [0.15, 0.2) is 0 Å². The van der Waals surface area contributed by atoms with Gasteiger partial charge in [0.2, 0.25) is 5.91 Å². The fourth-order valence-electron chi connectivity index (χ4n) is 2.27. The zero-order valence-electron chi connectivity index (χ0n) is 10.5. The van der Waals surface area contributed by atoms with E-state index in [9.17, 15) is 4.79 Å². The zero-order chi connectivity index (χ0) is 13.0. The molecule has 1 N–H and O–H groups in total. The van der Waals surface area contributed by atoms with Crippen LogP contribution in [0.4, 0.5) is 5.69 Å². The summed E-state index contributed by atoms with van der Waals surface area (Å²) in [5.74, 6) is 0.0324. The van der Waals surface area contributed by atoms with E-state index in [-0.39, 0.29) is 11.5 Å². The molecule has 4 heteroatoms. The molecular formula is C14H18BrNO2. The first-order valence-electron chi connectivity index (χ1n) is 6.18. The largest absolute Gasteiger partial charge is 0.378 e. The second-order valence-electron chi connectivity index (χ2n) is 4.76. The molecule has 1 aliphatic carbocycles. The third-order valence-electron chi connectivity index (χ3n) is 3.62. The van der Waals surface area contributed by atoms with Crippen LogP contribution in [0.5, 0.6) is 0 Å². The fourth-order valence-corrected chi connectivity index (χ4v) is 2.76. The van der Waals surface area contributed by atoms with Crippen molar-refractivity contribution in [1.82, 2.24) is 0 Å². The van der Waals surface area contributed by atoms with Crippen LogP contribution in [-0.4, -0.2) is 18.6 Å². The van der Waals surface area contributed by atoms with E-state index in [1.165, 1.54) is 0 Å². The Morgan fingerprint density at radius 1 is 1.44 bits per heavy atom. The highest BCUT2D eigenvalue weighted by molar-refractivity contribution is 9.08. The Morgan fingerprint density at radius 3 is 2.72 bits per heavy atom. The Balaban J connectivity index is 1.98. The zero-order valence-corrected chi connectivity index (χ0v) is 12.1. The predicted octanol–water partition coefficient (Wildman–Crippen LogP) is 3.48. The van der Waals surface area contributed by atoms with Crippen LogP contribution in [0.2, 0.25) is 0 Å². The van der Waals surface area contributed by atoms with Crippen LogP contribution in [0, 0.1) is 0 Å². The minimum absolute atomic E-state index is 0.0324. The lowest BCUT2D eigenvalue weighted by Gasteiger charge is -2.39. The second-order valence-corrected chi connectivity index (χ2v) is 5.32. The molecule has 2 rings (SSSR count). The van der Waals surface area contributed by atoms with Gasteiger partial charge in [-0.2, -0.15) is 0 Å². The standard InChI is InChI=1S/C14H18BrNO2/c1-18-14(7-4-8-14)9-13(17)16-12-6-3-2-5-11(12)10-15/h2-3,5-6H,4,7-10H2,1H3,(H,16,17). The Morgan fingerprint density at radius 2 is 2.17 bits per heavy atom. The highest BCUT2D eigenvalue weighted by atomic mass is 79.9. The molecule has 3 nitrogen and oxygen atoms in total. The number of halogens is 1. The van der Waals surface area contributed by atoms with E-state index in [0.717, 1.165) is 35.8 Å². The number of amides is 1. The number of anilines is 1. The first-order valence-corrected chi connectivity index (χ1v) is 7.30. The lowest BCUT2D eigenvalue weighted by molar-refractivity contribution is -0.129. The van der Waals surface area contributed by atoms with Crippen LogP contribution < -0.4 is 5.32 Å². The van der Waals surface area contributed by atoms with Crippen molar-refractivity contribution in [1.29, 1.82) is 0 Å². The van der Waals surface area contributed by atoms with Gasteiger partial charge in [-0.1, -0.05) is 34.1 Å². The summed E-state index contributed by atoms with van der Waals surface area (Å²) >= 11 is 3.42. The Kier molecular flexibility index (Phi) is 4.40. The average Bonchev–Trinajstić information content (AvgIpc) is 2.34. The summed E-state index contributed by atoms with van der Waals surface area (Å²) in [4.78, 5) is 12.0. The van der Waals surface area contributed by atoms with Gasteiger partial charge in [-0.25, -0.2) is 0 Å². The summed E-state index contributed by atoms with van der Waals surface area (Å²) in [5.41, 5.74) is 1.75. The van der Waals surface area contributed by atoms with Crippen molar-refractivity contribution in [2.24, 2.45) is 0 Å². The molecule has 1 amide bonds. The molecule has 0 aromatic heterocycles. The SMILES string of the molecule is COC1(CC(=O)Nc2ccccc2CBr)CCC1. The lowest BCUT2D eigenvalue weighted by Crippen LogP contribution is -2.42. The molecule has 0 saturated heterocycles. The number of methoxy groups -OCH3 is 1. The minimum Gasteiger partial charge on any atom is -0.378 e. The maximum Gasteiger partial charge on any atom is 0.227 e. The van der Waals surface area contributed by atoms with Crippen molar-refractivity contribution < 1.29 is 9.53 Å². The third kappa shape index (κ3) is 2.93. The Bertz CT molecular complexity index is 424. The molecule has 1 aromatic rings. The van der Waals surface area contributed by atoms with Gasteiger partial charge in [0.05, 0.1) is 12.0 Å². The van der Waals surface area contributed by atoms with Crippen molar-refractivity contribution in [2.45, 2.75) is 36.6 Å². The molecule has 1 fully saturated rings. The molecule has 0 aliphatic heterocycles. The number of rotatable bonds is 5. The molecule has 0 atom stereocenters. The van der Waals surface area contributed by atoms with Crippen LogP contribution >= 0.6 is 15.9 Å². The number of ether oxygens (including phenoxy) is 1. The van der Waals surface area contributed by atoms with E-state index in [4.69, 9.17) is 4.74 Å². The molecule has 1 saturated carbocycles. The maximum atomic E-state index is 12.0. The van der Waals surface area contributed by atoms with Crippen molar-refractivity contribution in [2.75, 3.05) is 12.4 Å². The number of carbonyl (C=O) groups excluding carboxylic acids is 1. The number of carbonyl (C=O) groups is 1. The molecule has 0 spiro atoms. The molecular weight excluding hydrogens is 294 g/mol. The van der Waals surface area contributed by atoms with Gasteiger partial charge in [-0.15, -0.1) is 0 Å². The molecule has 0 unspecified atom stereocenters. The van der Waals surface area contributed by atoms with E-state index in [0.29, 0.717) is 6.42 Å². The summed E-state index contributed by atoms with van der Waals surface area (Å²) in [6, 6.07) is 7.82. The first-order chi connectivity index (χ1) is 8.69. The number of hydrogen-bond acceptors (Lipinski definition) is 2. The van der Waals surface area contributed by atoms with Gasteiger partial charge < -0.3 is 10.1 Å². The molecule has 1 aliphatic rings. The van der Waals surface area contributed by atoms with Crippen molar-refractivity contribution in [3.8, 4) is 0 Å². The number of benzene rings is 1. The monoisotopic (exact) mass is 311 g/mol. The summed E-state index contributed by atoms with van der Waals surface area (Å²) in [6.07, 6.45) is 3.56. The van der Waals surface area contributed by atoms with Gasteiger partial charge in [-0.05, 0) is 30.9 Å². The number of hydrogen-bond donors (Lipinski definition) is 1. The van der Waals surface area contributed by atoms with Crippen LogP contribution in [0.15, 0.2) is 24.3 Å². The number of nitrogens with one attached hydrogen (secondary N) is 1. The lowest BCUT2D eigenvalue weighted by atomic mass is 9.77. The Hall–Kier alpha value is -0.870. The number of alkyl halides is 1. The van der Waals surface area contributed by atoms with Gasteiger partial charge in [0, 0.05) is 18.1 Å². The van der Waals surface area contributed by atoms with Crippen molar-refractivity contribution >= 4 is 27.5 Å². The van der Waals surface area contributed by atoms with Crippen molar-refractivity contribution in [3.63, 3.8) is 0 Å². The summed E-state index contributed by atoms with van der Waals surface area (Å²) in [7, 11) is 1.69. The third-order valence-corrected chi connectivity index (χ3v) is 4.22. The second kappa shape index (κ2) is 5.85. The molecule has 0 bridgehead atoms. The van der Waals surface area contributed by atoms with Crippen LogP contribution in [0.25, 0.3) is 0 Å². The summed E-state index contributed by atoms with van der Waals surface area (Å²) in [6.45, 7) is 0. The van der Waals surface area contributed by atoms with Gasteiger partial charge in [-0.3, -0.25) is 4.79 Å². The average molecular weight is 312 g/mol. The van der Waals surface area contributed by atoms with Crippen LogP contribution in [0.1, 0.15) is 31.2 Å². The molecule has 1 aromatic carbocycles. The Labute approximate surface area is 116 Å². The fraction of sp³-hybridized carbons (Fsp3) is 0.500. The summed E-state index contributed by atoms with van der Waals surface area (Å²) < 4.78 is 5.47. The first kappa shape index (κ1) is 13.6. The molecule has 98 valence electrons. The van der Waals surface area contributed by atoms with E-state index >= 15 is 0 Å². The van der Waals surface area contributed by atoms with Gasteiger partial charge in [0.1, 0.15) is 0 Å². The molecule has 0 radical (unpaired) electrons. The van der Waals surface area contributed by atoms with Crippen LogP contribution in [0.3, 0.4) is 0 Å². The maximum absolute atomic E-state index is 12.0. The van der Waals surface area contributed by atoms with Crippen molar-refractivity contribution in [3.05, 3.63) is 29.8 Å². The van der Waals surface area contributed by atoms with E-state index in [2.05, 4.69) is 21.2 Å². The van der Waals surface area contributed by atoms with E-state index in [1.54, 1.807) is 7.11 Å². The quantitative estimate of drug-likeness (QED) is 0.845. The summed E-state index contributed by atoms with van der Waals surface area (Å²) in [5, 5.41) is 3.71. The highest BCUT2D eigenvalue weighted by Gasteiger charge is 2.39. The minimum atomic E-state index is -0.215. The molecule has 0 heterocycles. The van der Waals surface area contributed by atoms with Crippen LogP contribution in [-0.2, 0) is 14.9 Å². The van der Waals surface area contributed by atoms with Gasteiger partial charge >= 0.3 is 0 Å². The predicted molar refractivity (Wildman–Crippen MR) is 75.9 cm³/mol. The van der Waals surface area contributed by atoms with E-state index in [1.807, 2.05) is 24.3 Å². The smallest absolute Gasteiger partial charge is 0.227 e. The highest BCUT2D eigenvalue weighted by Crippen LogP contribution is 2.38. The van der Waals surface area contributed by atoms with E-state index < -0.39 is 0 Å². The number of para-hydroxylation sites is 1.